The van der Waals surface area contributed by atoms with Crippen LogP contribution in [0.1, 0.15) is 43.7 Å². The van der Waals surface area contributed by atoms with Crippen LogP contribution in [0.4, 0.5) is 0 Å². The summed E-state index contributed by atoms with van der Waals surface area (Å²) in [5.74, 6) is 0.433. The van der Waals surface area contributed by atoms with Gasteiger partial charge in [0.1, 0.15) is 5.75 Å². The first kappa shape index (κ1) is 10.9. The predicted molar refractivity (Wildman–Crippen MR) is 72.0 cm³/mol. The summed E-state index contributed by atoms with van der Waals surface area (Å²) in [4.78, 5) is 2.57. The first-order chi connectivity index (χ1) is 8.55. The van der Waals surface area contributed by atoms with Gasteiger partial charge in [0.25, 0.3) is 0 Å². The van der Waals surface area contributed by atoms with Gasteiger partial charge in [0, 0.05) is 11.5 Å². The van der Waals surface area contributed by atoms with Crippen LogP contribution >= 0.6 is 0 Å². The average molecular weight is 243 g/mol. The summed E-state index contributed by atoms with van der Waals surface area (Å²) in [6, 6.07) is 6.83. The molecule has 1 heterocycles. The molecule has 2 heteroatoms. The Kier molecular flexibility index (Phi) is 1.87. The molecule has 1 N–H and O–H groups in total. The number of phenolic OH excluding ortho intramolecular Hbond substituents is 1. The number of fused-ring (bicyclic) bond motifs is 6. The Morgan fingerprint density at radius 1 is 1.22 bits per heavy atom. The van der Waals surface area contributed by atoms with Crippen molar-refractivity contribution >= 4 is 0 Å². The van der Waals surface area contributed by atoms with Crippen molar-refractivity contribution in [2.24, 2.45) is 0 Å². The third-order valence-electron chi connectivity index (χ3n) is 5.81. The zero-order valence-corrected chi connectivity index (χ0v) is 11.2. The maximum atomic E-state index is 9.83. The van der Waals surface area contributed by atoms with Gasteiger partial charge in [-0.2, -0.15) is 0 Å². The smallest absolute Gasteiger partial charge is 0.115 e. The Bertz CT molecular complexity index is 520. The molecule has 2 nitrogen and oxygen atoms in total. The van der Waals surface area contributed by atoms with E-state index in [0.717, 1.165) is 0 Å². The van der Waals surface area contributed by atoms with Gasteiger partial charge in [-0.25, -0.2) is 0 Å². The number of nitrogens with zero attached hydrogens (tertiary/aromatic N) is 1. The second kappa shape index (κ2) is 3.11. The number of aromatic hydroxyl groups is 1. The molecule has 1 saturated carbocycles. The van der Waals surface area contributed by atoms with E-state index in [2.05, 4.69) is 24.9 Å². The molecule has 0 amide bonds. The average Bonchev–Trinajstić information content (AvgIpc) is 3.13. The molecule has 3 aliphatic rings. The summed E-state index contributed by atoms with van der Waals surface area (Å²) in [5, 5.41) is 9.83. The van der Waals surface area contributed by atoms with Gasteiger partial charge in [-0.05, 0) is 68.0 Å². The molecular formula is C16H21NO. The van der Waals surface area contributed by atoms with Crippen LogP contribution in [0.5, 0.6) is 5.75 Å². The van der Waals surface area contributed by atoms with Crippen LogP contribution in [-0.4, -0.2) is 29.6 Å². The maximum absolute atomic E-state index is 9.83. The lowest BCUT2D eigenvalue weighted by atomic mass is 9.60. The molecule has 2 aliphatic carbocycles. The van der Waals surface area contributed by atoms with Crippen molar-refractivity contribution in [2.45, 2.75) is 49.5 Å². The van der Waals surface area contributed by atoms with E-state index in [1.807, 2.05) is 12.1 Å². The lowest BCUT2D eigenvalue weighted by molar-refractivity contribution is 0.0821. The van der Waals surface area contributed by atoms with E-state index in [-0.39, 0.29) is 5.41 Å². The summed E-state index contributed by atoms with van der Waals surface area (Å²) in [5.41, 5.74) is 3.66. The molecule has 1 aromatic carbocycles. The molecule has 1 saturated heterocycles. The predicted octanol–water partition coefficient (Wildman–Crippen LogP) is 2.79. The summed E-state index contributed by atoms with van der Waals surface area (Å²) < 4.78 is 0. The summed E-state index contributed by atoms with van der Waals surface area (Å²) in [6.45, 7) is 3.58. The number of likely N-dealkylation sites (N-methyl/N-ethyl adjacent to an activating group) is 1. The summed E-state index contributed by atoms with van der Waals surface area (Å²) >= 11 is 0. The van der Waals surface area contributed by atoms with Gasteiger partial charge >= 0.3 is 0 Å². The van der Waals surface area contributed by atoms with Gasteiger partial charge in [-0.1, -0.05) is 13.0 Å². The Morgan fingerprint density at radius 3 is 2.72 bits per heavy atom. The zero-order chi connectivity index (χ0) is 12.5. The minimum Gasteiger partial charge on any atom is -0.508 e. The van der Waals surface area contributed by atoms with E-state index in [0.29, 0.717) is 17.2 Å². The number of phenols is 1. The lowest BCUT2D eigenvalue weighted by Gasteiger charge is -2.53. The topological polar surface area (TPSA) is 23.5 Å². The summed E-state index contributed by atoms with van der Waals surface area (Å²) in [7, 11) is 2.29. The van der Waals surface area contributed by atoms with Crippen LogP contribution in [0.2, 0.25) is 0 Å². The number of piperidine rings is 1. The molecule has 1 aromatic rings. The van der Waals surface area contributed by atoms with E-state index in [9.17, 15) is 5.11 Å². The van der Waals surface area contributed by atoms with Crippen molar-refractivity contribution in [3.63, 3.8) is 0 Å². The lowest BCUT2D eigenvalue weighted by Crippen LogP contribution is -2.55. The van der Waals surface area contributed by atoms with Gasteiger partial charge in [-0.3, -0.25) is 0 Å². The zero-order valence-electron chi connectivity index (χ0n) is 11.2. The first-order valence-electron chi connectivity index (χ1n) is 7.09. The van der Waals surface area contributed by atoms with E-state index in [4.69, 9.17) is 0 Å². The Morgan fingerprint density at radius 2 is 2.00 bits per heavy atom. The molecule has 2 atom stereocenters. The van der Waals surface area contributed by atoms with Crippen LogP contribution in [0.15, 0.2) is 18.2 Å². The van der Waals surface area contributed by atoms with Crippen molar-refractivity contribution in [2.75, 3.05) is 13.6 Å². The fourth-order valence-corrected chi connectivity index (χ4v) is 4.51. The van der Waals surface area contributed by atoms with Crippen molar-refractivity contribution in [1.82, 2.24) is 4.90 Å². The minimum atomic E-state index is 0.277. The molecule has 96 valence electrons. The molecule has 2 bridgehead atoms. The molecular weight excluding hydrogens is 222 g/mol. The van der Waals surface area contributed by atoms with Crippen molar-refractivity contribution in [3.05, 3.63) is 29.3 Å². The number of likely N-dealkylation sites (tertiary alicyclic amines) is 1. The fraction of sp³-hybridized carbons (Fsp3) is 0.625. The second-order valence-corrected chi connectivity index (χ2v) is 6.90. The normalized spacial score (nSPS) is 36.4. The SMILES string of the molecule is CN1CCC2(C)CC1C1(CC1)c1ccc(O)cc12. The highest BCUT2D eigenvalue weighted by Crippen LogP contribution is 2.62. The quantitative estimate of drug-likeness (QED) is 0.757. The number of benzene rings is 1. The van der Waals surface area contributed by atoms with Gasteiger partial charge in [-0.15, -0.1) is 0 Å². The highest BCUT2D eigenvalue weighted by atomic mass is 16.3. The molecule has 1 aliphatic heterocycles. The fourth-order valence-electron chi connectivity index (χ4n) is 4.51. The highest BCUT2D eigenvalue weighted by Gasteiger charge is 2.60. The Labute approximate surface area is 109 Å². The number of hydrogen-bond donors (Lipinski definition) is 1. The third kappa shape index (κ3) is 1.17. The molecule has 2 fully saturated rings. The monoisotopic (exact) mass is 243 g/mol. The number of rotatable bonds is 0. The van der Waals surface area contributed by atoms with Gasteiger partial charge in [0.05, 0.1) is 0 Å². The Balaban J connectivity index is 1.96. The van der Waals surface area contributed by atoms with Crippen molar-refractivity contribution < 1.29 is 5.11 Å². The van der Waals surface area contributed by atoms with E-state index >= 15 is 0 Å². The third-order valence-corrected chi connectivity index (χ3v) is 5.81. The van der Waals surface area contributed by atoms with Crippen LogP contribution in [0, 0.1) is 0 Å². The molecule has 1 spiro atoms. The van der Waals surface area contributed by atoms with E-state index < -0.39 is 0 Å². The van der Waals surface area contributed by atoms with Gasteiger partial charge < -0.3 is 10.0 Å². The molecule has 4 rings (SSSR count). The van der Waals surface area contributed by atoms with Crippen molar-refractivity contribution in [1.29, 1.82) is 0 Å². The van der Waals surface area contributed by atoms with Crippen LogP contribution in [0.3, 0.4) is 0 Å². The standard InChI is InChI=1S/C16H21NO/c1-15-7-8-17(2)14(10-15)16(5-6-16)12-4-3-11(18)9-13(12)15/h3-4,9,14,18H,5-8,10H2,1-2H3. The maximum Gasteiger partial charge on any atom is 0.115 e. The van der Waals surface area contributed by atoms with E-state index in [1.54, 1.807) is 0 Å². The molecule has 18 heavy (non-hydrogen) atoms. The van der Waals surface area contributed by atoms with Crippen molar-refractivity contribution in [3.8, 4) is 5.75 Å². The Hall–Kier alpha value is -1.02. The van der Waals surface area contributed by atoms with Crippen LogP contribution < -0.4 is 0 Å². The van der Waals surface area contributed by atoms with Gasteiger partial charge in [0.2, 0.25) is 0 Å². The second-order valence-electron chi connectivity index (χ2n) is 6.90. The minimum absolute atomic E-state index is 0.277. The van der Waals surface area contributed by atoms with Crippen LogP contribution in [-0.2, 0) is 10.8 Å². The highest BCUT2D eigenvalue weighted by molar-refractivity contribution is 5.51. The number of hydrogen-bond acceptors (Lipinski definition) is 2. The van der Waals surface area contributed by atoms with Crippen LogP contribution in [0.25, 0.3) is 0 Å². The molecule has 2 unspecified atom stereocenters. The summed E-state index contributed by atoms with van der Waals surface area (Å²) in [6.07, 6.45) is 5.14. The molecule has 0 radical (unpaired) electrons. The molecule has 0 aromatic heterocycles. The largest absolute Gasteiger partial charge is 0.508 e. The van der Waals surface area contributed by atoms with E-state index in [1.165, 1.54) is 43.4 Å². The first-order valence-corrected chi connectivity index (χ1v) is 7.09. The van der Waals surface area contributed by atoms with Gasteiger partial charge in [0.15, 0.2) is 0 Å².